The Balaban J connectivity index is 1.85. The number of hydrogen-bond donors (Lipinski definition) is 2. The first kappa shape index (κ1) is 10.4. The van der Waals surface area contributed by atoms with Gasteiger partial charge >= 0.3 is 0 Å². The molecule has 5 heteroatoms. The van der Waals surface area contributed by atoms with Crippen LogP contribution in [0, 0.1) is 5.92 Å². The van der Waals surface area contributed by atoms with Crippen molar-refractivity contribution in [1.29, 1.82) is 0 Å². The summed E-state index contributed by atoms with van der Waals surface area (Å²) in [6.45, 7) is 0.542. The summed E-state index contributed by atoms with van der Waals surface area (Å²) < 4.78 is 22.2. The Labute approximate surface area is 85.3 Å². The first-order valence-corrected chi connectivity index (χ1v) is 6.93. The lowest BCUT2D eigenvalue weighted by Crippen LogP contribution is -2.50. The summed E-state index contributed by atoms with van der Waals surface area (Å²) >= 11 is 0. The van der Waals surface area contributed by atoms with Gasteiger partial charge in [0.25, 0.3) is 0 Å². The maximum absolute atomic E-state index is 11.1. The van der Waals surface area contributed by atoms with Gasteiger partial charge in [-0.25, -0.2) is 13.6 Å². The molecular weight excluding hydrogens is 200 g/mol. The third-order valence-electron chi connectivity index (χ3n) is 3.59. The number of nitrogens with one attached hydrogen (secondary N) is 1. The van der Waals surface area contributed by atoms with E-state index in [0.717, 1.165) is 18.8 Å². The second-order valence-corrected chi connectivity index (χ2v) is 6.34. The summed E-state index contributed by atoms with van der Waals surface area (Å²) in [5.41, 5.74) is 0. The first-order chi connectivity index (χ1) is 6.57. The van der Waals surface area contributed by atoms with Gasteiger partial charge in [-0.1, -0.05) is 6.42 Å². The van der Waals surface area contributed by atoms with Crippen molar-refractivity contribution in [3.05, 3.63) is 0 Å². The van der Waals surface area contributed by atoms with Crippen LogP contribution in [0.4, 0.5) is 0 Å². The molecule has 0 aromatic heterocycles. The Morgan fingerprint density at radius 1 is 1.14 bits per heavy atom. The van der Waals surface area contributed by atoms with Crippen LogP contribution in [0.3, 0.4) is 0 Å². The molecule has 0 bridgehead atoms. The summed E-state index contributed by atoms with van der Waals surface area (Å²) in [6.07, 6.45) is 5.63. The van der Waals surface area contributed by atoms with Crippen LogP contribution >= 0.6 is 0 Å². The maximum atomic E-state index is 11.1. The predicted molar refractivity (Wildman–Crippen MR) is 55.3 cm³/mol. The smallest absolute Gasteiger partial charge is 0.213 e. The summed E-state index contributed by atoms with van der Waals surface area (Å²) in [7, 11) is -3.33. The highest BCUT2D eigenvalue weighted by molar-refractivity contribution is 7.89. The van der Waals surface area contributed by atoms with Crippen LogP contribution in [-0.2, 0) is 10.0 Å². The lowest BCUT2D eigenvalue weighted by molar-refractivity contribution is 0.200. The molecule has 4 nitrogen and oxygen atoms in total. The van der Waals surface area contributed by atoms with Crippen molar-refractivity contribution in [3.8, 4) is 0 Å². The average Bonchev–Trinajstić information content (AvgIpc) is 2.00. The molecule has 2 fully saturated rings. The van der Waals surface area contributed by atoms with Crippen LogP contribution in [0.5, 0.6) is 0 Å². The number of nitrogens with two attached hydrogens (primary N) is 1. The van der Waals surface area contributed by atoms with E-state index < -0.39 is 10.0 Å². The topological polar surface area (TPSA) is 72.2 Å². The molecule has 0 radical (unpaired) electrons. The van der Waals surface area contributed by atoms with Crippen LogP contribution in [0.15, 0.2) is 0 Å². The van der Waals surface area contributed by atoms with E-state index in [-0.39, 0.29) is 5.25 Å². The Hall–Kier alpha value is -0.130. The third-order valence-corrected chi connectivity index (χ3v) is 4.92. The molecule has 2 atom stereocenters. The molecule has 2 aliphatic rings. The van der Waals surface area contributed by atoms with Gasteiger partial charge in [-0.2, -0.15) is 0 Å². The fourth-order valence-electron chi connectivity index (χ4n) is 2.38. The lowest BCUT2D eigenvalue weighted by atomic mass is 9.77. The van der Waals surface area contributed by atoms with Crippen LogP contribution in [0.2, 0.25) is 0 Å². The third kappa shape index (κ3) is 2.10. The Morgan fingerprint density at radius 2 is 1.86 bits per heavy atom. The van der Waals surface area contributed by atoms with Crippen molar-refractivity contribution in [1.82, 2.24) is 5.32 Å². The molecule has 0 aromatic rings. The molecule has 14 heavy (non-hydrogen) atoms. The van der Waals surface area contributed by atoms with E-state index >= 15 is 0 Å². The minimum atomic E-state index is -3.33. The summed E-state index contributed by atoms with van der Waals surface area (Å²) in [5, 5.41) is 8.07. The van der Waals surface area contributed by atoms with Gasteiger partial charge in [0.15, 0.2) is 0 Å². The van der Waals surface area contributed by atoms with E-state index in [9.17, 15) is 8.42 Å². The first-order valence-electron chi connectivity index (χ1n) is 5.32. The second-order valence-electron chi connectivity index (χ2n) is 4.49. The Morgan fingerprint density at radius 3 is 2.21 bits per heavy atom. The van der Waals surface area contributed by atoms with Gasteiger partial charge in [-0.15, -0.1) is 0 Å². The van der Waals surface area contributed by atoms with E-state index in [1.165, 1.54) is 19.3 Å². The number of rotatable bonds is 2. The van der Waals surface area contributed by atoms with Crippen LogP contribution in [-0.4, -0.2) is 26.3 Å². The maximum Gasteiger partial charge on any atom is 0.213 e. The number of piperidine rings is 1. The largest absolute Gasteiger partial charge is 0.312 e. The highest BCUT2D eigenvalue weighted by Gasteiger charge is 2.33. The number of primary sulfonamides is 1. The zero-order valence-corrected chi connectivity index (χ0v) is 9.09. The molecule has 1 saturated heterocycles. The molecule has 1 aliphatic heterocycles. The number of sulfonamides is 1. The predicted octanol–water partition coefficient (Wildman–Crippen LogP) is 0.196. The van der Waals surface area contributed by atoms with Gasteiger partial charge < -0.3 is 5.32 Å². The van der Waals surface area contributed by atoms with Crippen LogP contribution < -0.4 is 10.5 Å². The van der Waals surface area contributed by atoms with E-state index in [1.807, 2.05) is 0 Å². The van der Waals surface area contributed by atoms with Crippen molar-refractivity contribution < 1.29 is 8.42 Å². The summed E-state index contributed by atoms with van der Waals surface area (Å²) in [4.78, 5) is 0. The summed E-state index contributed by atoms with van der Waals surface area (Å²) in [6, 6.07) is 0.543. The highest BCUT2D eigenvalue weighted by atomic mass is 32.2. The monoisotopic (exact) mass is 218 g/mol. The van der Waals surface area contributed by atoms with Crippen molar-refractivity contribution >= 4 is 10.0 Å². The van der Waals surface area contributed by atoms with E-state index in [2.05, 4.69) is 5.32 Å². The van der Waals surface area contributed by atoms with Crippen molar-refractivity contribution in [2.24, 2.45) is 11.1 Å². The van der Waals surface area contributed by atoms with Crippen LogP contribution in [0.25, 0.3) is 0 Å². The zero-order chi connectivity index (χ0) is 10.2. The van der Waals surface area contributed by atoms with Crippen molar-refractivity contribution in [3.63, 3.8) is 0 Å². The summed E-state index contributed by atoms with van der Waals surface area (Å²) in [5.74, 6) is 0.788. The molecule has 2 unspecified atom stereocenters. The van der Waals surface area contributed by atoms with Crippen LogP contribution in [0.1, 0.15) is 32.1 Å². The molecule has 1 aliphatic carbocycles. The molecule has 0 aromatic carbocycles. The fourth-order valence-corrected chi connectivity index (χ4v) is 3.17. The Bertz CT molecular complexity index is 290. The fraction of sp³-hybridized carbons (Fsp3) is 1.00. The SMILES string of the molecule is NS(=O)(=O)C1CCC(C2CCC2)NC1. The van der Waals surface area contributed by atoms with Gasteiger partial charge in [0.2, 0.25) is 10.0 Å². The molecular formula is C9H18N2O2S. The molecule has 0 amide bonds. The highest BCUT2D eigenvalue weighted by Crippen LogP contribution is 2.33. The lowest BCUT2D eigenvalue weighted by Gasteiger charge is -2.38. The van der Waals surface area contributed by atoms with Gasteiger partial charge in [-0.05, 0) is 31.6 Å². The molecule has 3 N–H and O–H groups in total. The van der Waals surface area contributed by atoms with E-state index in [1.54, 1.807) is 0 Å². The molecule has 2 rings (SSSR count). The van der Waals surface area contributed by atoms with E-state index in [4.69, 9.17) is 5.14 Å². The normalized spacial score (nSPS) is 35.2. The van der Waals surface area contributed by atoms with Crippen molar-refractivity contribution in [2.75, 3.05) is 6.54 Å². The minimum Gasteiger partial charge on any atom is -0.312 e. The zero-order valence-electron chi connectivity index (χ0n) is 8.28. The van der Waals surface area contributed by atoms with E-state index in [0.29, 0.717) is 12.6 Å². The quantitative estimate of drug-likeness (QED) is 0.695. The van der Waals surface area contributed by atoms with Gasteiger partial charge in [-0.3, -0.25) is 0 Å². The minimum absolute atomic E-state index is 0.362. The Kier molecular flexibility index (Phi) is 2.81. The molecule has 1 heterocycles. The van der Waals surface area contributed by atoms with Gasteiger partial charge in [0.05, 0.1) is 5.25 Å². The molecule has 82 valence electrons. The molecule has 1 saturated carbocycles. The van der Waals surface area contributed by atoms with Crippen molar-refractivity contribution in [2.45, 2.75) is 43.4 Å². The average molecular weight is 218 g/mol. The molecule has 0 spiro atoms. The second kappa shape index (κ2) is 3.79. The van der Waals surface area contributed by atoms with Gasteiger partial charge in [0.1, 0.15) is 0 Å². The number of hydrogen-bond acceptors (Lipinski definition) is 3. The van der Waals surface area contributed by atoms with Gasteiger partial charge in [0, 0.05) is 12.6 Å². The standard InChI is InChI=1S/C9H18N2O2S/c10-14(12,13)8-4-5-9(11-6-8)7-2-1-3-7/h7-9,11H,1-6H2,(H2,10,12,13).